The van der Waals surface area contributed by atoms with E-state index < -0.39 is 35.8 Å². The number of aromatic nitrogens is 2. The Bertz CT molecular complexity index is 1380. The largest absolute Gasteiger partial charge is 0.507 e. The number of phenols is 1. The van der Waals surface area contributed by atoms with E-state index in [2.05, 4.69) is 5.32 Å². The van der Waals surface area contributed by atoms with Crippen LogP contribution in [0.3, 0.4) is 0 Å². The number of rotatable bonds is 8. The number of anilines is 1. The number of benzene rings is 1. The van der Waals surface area contributed by atoms with Crippen LogP contribution in [0.25, 0.3) is 0 Å². The van der Waals surface area contributed by atoms with Crippen LogP contribution in [0.2, 0.25) is 0 Å². The van der Waals surface area contributed by atoms with Crippen molar-refractivity contribution in [3.8, 4) is 17.2 Å². The van der Waals surface area contributed by atoms with Gasteiger partial charge in [0.1, 0.15) is 34.8 Å². The number of phenolic OH excluding ortho intramolecular Hbond substituents is 1. The Labute approximate surface area is 257 Å². The molecule has 3 rings (SSSR count). The van der Waals surface area contributed by atoms with Crippen LogP contribution >= 0.6 is 0 Å². The number of hydrazine groups is 1. The number of aldehydes is 1. The molecule has 1 saturated carbocycles. The summed E-state index contributed by atoms with van der Waals surface area (Å²) in [6.45, 7) is 10.6. The van der Waals surface area contributed by atoms with Crippen LogP contribution in [0.4, 0.5) is 15.4 Å². The summed E-state index contributed by atoms with van der Waals surface area (Å²) in [7, 11) is 4.26. The molecule has 0 aliphatic heterocycles. The number of nitrogens with one attached hydrogen (secondary N) is 1. The molecule has 2 N–H and O–H groups in total. The summed E-state index contributed by atoms with van der Waals surface area (Å²) in [4.78, 5) is 49.4. The fraction of sp³-hybridized carbons (Fsp3) is 0.567. The molecule has 242 valence electrons. The molecule has 0 spiro atoms. The summed E-state index contributed by atoms with van der Waals surface area (Å²) in [6, 6.07) is 4.47. The first-order valence-corrected chi connectivity index (χ1v) is 14.2. The molecule has 0 radical (unpaired) electrons. The predicted molar refractivity (Wildman–Crippen MR) is 160 cm³/mol. The lowest BCUT2D eigenvalue weighted by molar-refractivity contribution is -0.118. The summed E-state index contributed by atoms with van der Waals surface area (Å²) in [5, 5.41) is 19.8. The molecular formula is C30H43N5O9. The molecule has 2 atom stereocenters. The number of carbonyl (C=O) groups is 4. The molecule has 14 heteroatoms. The minimum atomic E-state index is -0.712. The average Bonchev–Trinajstić information content (AvgIpc) is 3.56. The number of aromatic hydroxyl groups is 1. The zero-order valence-electron chi connectivity index (χ0n) is 26.8. The van der Waals surface area contributed by atoms with Gasteiger partial charge in [-0.3, -0.25) is 9.59 Å². The van der Waals surface area contributed by atoms with Crippen molar-refractivity contribution < 1.29 is 43.2 Å². The quantitative estimate of drug-likeness (QED) is 0.315. The third-order valence-corrected chi connectivity index (χ3v) is 6.88. The van der Waals surface area contributed by atoms with Gasteiger partial charge in [0.15, 0.2) is 12.9 Å². The second-order valence-electron chi connectivity index (χ2n) is 12.6. The van der Waals surface area contributed by atoms with Crippen LogP contribution in [0.5, 0.6) is 17.2 Å². The standard InChI is InChI=1S/C30H43N5O9/c1-29(2,3)35-25(31-26(38)17-42-24-14-20(41-9)13-23(37)21(24)16-36)15-22(32-35)18-10-11-19(12-18)43-27(39)33(7)34(8)28(40)44-30(4,5)6/h13-16,18-19,37H,10-12,17H2,1-9H3,(H,31,38)/t18-,19+/m0/s1. The third kappa shape index (κ3) is 8.54. The lowest BCUT2D eigenvalue weighted by Gasteiger charge is -2.30. The number of hydrogen-bond donors (Lipinski definition) is 2. The average molecular weight is 618 g/mol. The zero-order chi connectivity index (χ0) is 33.0. The number of methoxy groups -OCH3 is 1. The molecule has 1 fully saturated rings. The molecular weight excluding hydrogens is 574 g/mol. The third-order valence-electron chi connectivity index (χ3n) is 6.88. The molecule has 0 unspecified atom stereocenters. The van der Waals surface area contributed by atoms with Gasteiger partial charge < -0.3 is 29.4 Å². The minimum Gasteiger partial charge on any atom is -0.507 e. The fourth-order valence-corrected chi connectivity index (χ4v) is 4.57. The molecule has 3 amide bonds. The summed E-state index contributed by atoms with van der Waals surface area (Å²) in [6.07, 6.45) is 0.506. The maximum absolute atomic E-state index is 12.9. The van der Waals surface area contributed by atoms with Crippen molar-refractivity contribution in [1.29, 1.82) is 0 Å². The van der Waals surface area contributed by atoms with E-state index in [9.17, 15) is 24.3 Å². The lowest BCUT2D eigenvalue weighted by atomic mass is 10.0. The van der Waals surface area contributed by atoms with E-state index in [0.29, 0.717) is 31.4 Å². The van der Waals surface area contributed by atoms with Crippen molar-refractivity contribution in [2.24, 2.45) is 0 Å². The van der Waals surface area contributed by atoms with Gasteiger partial charge in [0.05, 0.1) is 23.9 Å². The van der Waals surface area contributed by atoms with Gasteiger partial charge >= 0.3 is 12.2 Å². The van der Waals surface area contributed by atoms with Gasteiger partial charge in [-0.15, -0.1) is 0 Å². The van der Waals surface area contributed by atoms with Crippen molar-refractivity contribution in [3.63, 3.8) is 0 Å². The Morgan fingerprint density at radius 3 is 2.32 bits per heavy atom. The van der Waals surface area contributed by atoms with E-state index in [4.69, 9.17) is 24.0 Å². The van der Waals surface area contributed by atoms with E-state index in [-0.39, 0.29) is 34.8 Å². The Kier molecular flexibility index (Phi) is 10.4. The van der Waals surface area contributed by atoms with Gasteiger partial charge in [0.2, 0.25) is 0 Å². The Hall–Kier alpha value is -4.49. The highest BCUT2D eigenvalue weighted by atomic mass is 16.6. The lowest BCUT2D eigenvalue weighted by Crippen LogP contribution is -2.47. The second-order valence-corrected chi connectivity index (χ2v) is 12.6. The first kappa shape index (κ1) is 34.0. The van der Waals surface area contributed by atoms with Gasteiger partial charge in [-0.25, -0.2) is 24.3 Å². The van der Waals surface area contributed by atoms with E-state index >= 15 is 0 Å². The van der Waals surface area contributed by atoms with E-state index in [1.807, 2.05) is 20.8 Å². The smallest absolute Gasteiger partial charge is 0.429 e. The molecule has 1 heterocycles. The molecule has 1 aliphatic rings. The number of amides is 3. The van der Waals surface area contributed by atoms with Gasteiger partial charge in [0.25, 0.3) is 5.91 Å². The van der Waals surface area contributed by atoms with Crippen molar-refractivity contribution in [2.45, 2.75) is 84.0 Å². The predicted octanol–water partition coefficient (Wildman–Crippen LogP) is 4.67. The number of hydrogen-bond acceptors (Lipinski definition) is 10. The monoisotopic (exact) mass is 617 g/mol. The summed E-state index contributed by atoms with van der Waals surface area (Å²) >= 11 is 0. The van der Waals surface area contributed by atoms with Crippen molar-refractivity contribution in [3.05, 3.63) is 29.5 Å². The molecule has 14 nitrogen and oxygen atoms in total. The van der Waals surface area contributed by atoms with Crippen molar-refractivity contribution >= 4 is 30.2 Å². The summed E-state index contributed by atoms with van der Waals surface area (Å²) in [5.41, 5.74) is -0.560. The van der Waals surface area contributed by atoms with Crippen LogP contribution in [0.15, 0.2) is 18.2 Å². The highest BCUT2D eigenvalue weighted by Gasteiger charge is 2.34. The number of ether oxygens (including phenoxy) is 4. The molecule has 0 bridgehead atoms. The highest BCUT2D eigenvalue weighted by molar-refractivity contribution is 5.91. The van der Waals surface area contributed by atoms with E-state index in [0.717, 1.165) is 15.7 Å². The molecule has 2 aromatic rings. The van der Waals surface area contributed by atoms with Crippen LogP contribution in [-0.4, -0.2) is 88.8 Å². The topological polar surface area (TPSA) is 162 Å². The Balaban J connectivity index is 1.66. The van der Waals surface area contributed by atoms with Crippen molar-refractivity contribution in [2.75, 3.05) is 33.1 Å². The molecule has 0 saturated heterocycles. The molecule has 1 aromatic heterocycles. The normalized spacial score (nSPS) is 16.6. The first-order chi connectivity index (χ1) is 20.4. The van der Waals surface area contributed by atoms with E-state index in [1.54, 1.807) is 31.5 Å². The van der Waals surface area contributed by atoms with Crippen LogP contribution < -0.4 is 14.8 Å². The van der Waals surface area contributed by atoms with Gasteiger partial charge in [-0.1, -0.05) is 0 Å². The number of nitrogens with zero attached hydrogens (tertiary/aromatic N) is 4. The molecule has 1 aliphatic carbocycles. The SMILES string of the molecule is COc1cc(O)c(C=O)c(OCC(=O)Nc2cc([C@H]3CC[C@@H](OC(=O)N(C)N(C)C(=O)OC(C)(C)C)C3)nn2C(C)(C)C)c1. The first-order valence-electron chi connectivity index (χ1n) is 14.2. The van der Waals surface area contributed by atoms with Crippen LogP contribution in [-0.2, 0) is 19.8 Å². The summed E-state index contributed by atoms with van der Waals surface area (Å²) < 4.78 is 23.3. The maximum Gasteiger partial charge on any atom is 0.429 e. The van der Waals surface area contributed by atoms with E-state index in [1.165, 1.54) is 33.3 Å². The fourth-order valence-electron chi connectivity index (χ4n) is 4.57. The zero-order valence-corrected chi connectivity index (χ0v) is 26.8. The molecule has 44 heavy (non-hydrogen) atoms. The van der Waals surface area contributed by atoms with Crippen molar-refractivity contribution in [1.82, 2.24) is 19.8 Å². The second kappa shape index (κ2) is 13.4. The molecule has 1 aromatic carbocycles. The Morgan fingerprint density at radius 1 is 1.07 bits per heavy atom. The van der Waals surface area contributed by atoms with Crippen LogP contribution in [0, 0.1) is 0 Å². The van der Waals surface area contributed by atoms with Gasteiger partial charge in [-0.05, 0) is 60.8 Å². The van der Waals surface area contributed by atoms with Gasteiger partial charge in [-0.2, -0.15) is 5.10 Å². The van der Waals surface area contributed by atoms with Gasteiger partial charge in [0, 0.05) is 38.2 Å². The minimum absolute atomic E-state index is 0.00601. The summed E-state index contributed by atoms with van der Waals surface area (Å²) in [5.74, 6) is -0.145. The highest BCUT2D eigenvalue weighted by Crippen LogP contribution is 2.38. The Morgan fingerprint density at radius 2 is 1.73 bits per heavy atom. The van der Waals surface area contributed by atoms with Crippen LogP contribution in [0.1, 0.15) is 82.8 Å². The maximum atomic E-state index is 12.9. The number of carbonyl (C=O) groups excluding carboxylic acids is 4.